The van der Waals surface area contributed by atoms with E-state index in [4.69, 9.17) is 4.51 Å². The van der Waals surface area contributed by atoms with Crippen LogP contribution in [0.15, 0.2) is 0 Å². The summed E-state index contributed by atoms with van der Waals surface area (Å²) < 4.78 is 16.8. The minimum atomic E-state index is -0.0833. The van der Waals surface area contributed by atoms with Gasteiger partial charge < -0.3 is 0 Å². The van der Waals surface area contributed by atoms with Gasteiger partial charge in [0.25, 0.3) is 0 Å². The third kappa shape index (κ3) is 9.37. The summed E-state index contributed by atoms with van der Waals surface area (Å²) in [5, 5.41) is 0. The zero-order valence-corrected chi connectivity index (χ0v) is 7.98. The van der Waals surface area contributed by atoms with Crippen molar-refractivity contribution in [3.8, 4) is 0 Å². The van der Waals surface area contributed by atoms with Crippen LogP contribution in [0.2, 0.25) is 0 Å². The Bertz CT molecular complexity index is 8.00. The van der Waals surface area contributed by atoms with E-state index < -0.39 is 0 Å². The minimum absolute atomic E-state index is 0.0833. The van der Waals surface area contributed by atoms with Crippen LogP contribution in [0.3, 0.4) is 0 Å². The predicted molar refractivity (Wildman–Crippen MR) is 1.37 cm³/mol. The van der Waals surface area contributed by atoms with Crippen molar-refractivity contribution in [1.82, 2.24) is 0 Å². The van der Waals surface area contributed by atoms with Gasteiger partial charge in [0, 0.05) is 0 Å². The van der Waals surface area contributed by atoms with Crippen LogP contribution in [-0.2, 0) is 29.2 Å². The number of hydrogen-bond acceptors (Lipinski definition) is 2. The Morgan fingerprint density at radius 1 is 1.25 bits per heavy atom. The molecule has 0 saturated heterocycles. The summed E-state index contributed by atoms with van der Waals surface area (Å²) in [5.41, 5.74) is 0. The van der Waals surface area contributed by atoms with Gasteiger partial charge in [-0.1, -0.05) is 0 Å². The average Bonchev–Trinajstić information content (AvgIpc) is 1.50. The molecule has 19 valence electrons. The van der Waals surface area contributed by atoms with Gasteiger partial charge in [0.15, 0.2) is 0 Å². The van der Waals surface area contributed by atoms with Crippen molar-refractivity contribution >= 4 is 0 Å². The Hall–Kier alpha value is 1.68. The molecule has 0 aromatic carbocycles. The molecule has 0 saturated carbocycles. The van der Waals surface area contributed by atoms with Crippen LogP contribution in [-0.4, -0.2) is 0 Å². The molecule has 4 heteroatoms. The first kappa shape index (κ1) is 9.19. The number of rotatable bonds is 0. The van der Waals surface area contributed by atoms with Crippen LogP contribution in [0.5, 0.6) is 0 Å². The molecule has 0 spiro atoms. The van der Waals surface area contributed by atoms with E-state index in [-0.39, 0.29) is 33.8 Å². The van der Waals surface area contributed by atoms with Gasteiger partial charge in [0.05, 0.1) is 0 Å². The van der Waals surface area contributed by atoms with Gasteiger partial charge >= 0.3 is 63.0 Å². The second kappa shape index (κ2) is 22.5. The standard InChI is InChI=1S/La.2O.Zr. The third-order valence-corrected chi connectivity index (χ3v) is 0. The molecule has 0 heterocycles. The Balaban J connectivity index is 0. The fourth-order valence-corrected chi connectivity index (χ4v) is 0. The summed E-state index contributed by atoms with van der Waals surface area (Å²) in [5.74, 6) is 0. The molecule has 0 aromatic rings. The molecule has 4 heavy (non-hydrogen) atoms. The van der Waals surface area contributed by atoms with Crippen molar-refractivity contribution in [2.24, 2.45) is 0 Å². The van der Waals surface area contributed by atoms with E-state index in [0.29, 0.717) is 24.7 Å². The van der Waals surface area contributed by atoms with Crippen molar-refractivity contribution in [2.45, 2.75) is 0 Å². The molecule has 0 bridgehead atoms. The van der Waals surface area contributed by atoms with E-state index in [1.165, 1.54) is 0 Å². The molecule has 0 aliphatic carbocycles. The van der Waals surface area contributed by atoms with Crippen molar-refractivity contribution in [2.75, 3.05) is 0 Å². The fraction of sp³-hybridized carbons (Fsp3) is 0. The Morgan fingerprint density at radius 3 is 1.25 bits per heavy atom. The van der Waals surface area contributed by atoms with Gasteiger partial charge in [-0.3, -0.25) is 0 Å². The van der Waals surface area contributed by atoms with Gasteiger partial charge in [-0.2, -0.15) is 0 Å². The van der Waals surface area contributed by atoms with Gasteiger partial charge in [-0.15, -0.1) is 0 Å². The Kier molecular flexibility index (Phi) is 51.6. The zero-order chi connectivity index (χ0) is 4.00. The van der Waals surface area contributed by atoms with E-state index in [1.807, 2.05) is 0 Å². The van der Waals surface area contributed by atoms with Gasteiger partial charge in [-0.05, 0) is 0 Å². The molecular weight excluding hydrogens is 262 g/mol. The van der Waals surface area contributed by atoms with Crippen molar-refractivity contribution < 1.29 is 63.0 Å². The predicted octanol–water partition coefficient (Wildman–Crippen LogP) is -0.240. The zero-order valence-electron chi connectivity index (χ0n) is 1.89. The fourth-order valence-electron chi connectivity index (χ4n) is 0. The summed E-state index contributed by atoms with van der Waals surface area (Å²) in [6.45, 7) is 0. The third-order valence-electron chi connectivity index (χ3n) is 0. The Labute approximate surface area is 62.0 Å². The van der Waals surface area contributed by atoms with Crippen molar-refractivity contribution in [3.63, 3.8) is 0 Å². The van der Waals surface area contributed by atoms with Crippen LogP contribution >= 0.6 is 0 Å². The summed E-state index contributed by atoms with van der Waals surface area (Å²) in [6, 6.07) is 0. The van der Waals surface area contributed by atoms with E-state index in [1.54, 1.807) is 0 Å². The van der Waals surface area contributed by atoms with E-state index in [9.17, 15) is 0 Å². The molecule has 2 nitrogen and oxygen atoms in total. The molecule has 0 radical (unpaired) electrons. The van der Waals surface area contributed by atoms with Gasteiger partial charge in [-0.25, -0.2) is 0 Å². The SMILES string of the molecule is [O]=[La].[O]=[Zr]. The average molecular weight is 262 g/mol. The van der Waals surface area contributed by atoms with Crippen LogP contribution in [0.1, 0.15) is 0 Å². The van der Waals surface area contributed by atoms with E-state index in [2.05, 4.69) is 0 Å². The van der Waals surface area contributed by atoms with Crippen molar-refractivity contribution in [3.05, 3.63) is 0 Å². The second-order valence-electron chi connectivity index (χ2n) is 0. The summed E-state index contributed by atoms with van der Waals surface area (Å²) in [4.78, 5) is 0. The second-order valence-corrected chi connectivity index (χ2v) is 0. The maximum atomic E-state index is 8.42. The molecule has 0 rings (SSSR count). The first-order valence-corrected chi connectivity index (χ1v) is 2.92. The van der Waals surface area contributed by atoms with E-state index in [0.717, 1.165) is 0 Å². The van der Waals surface area contributed by atoms with Crippen molar-refractivity contribution in [1.29, 1.82) is 0 Å². The van der Waals surface area contributed by atoms with E-state index >= 15 is 0 Å². The number of hydrogen-bond donors (Lipinski definition) is 0. The molecule has 0 aliphatic heterocycles. The molecule has 0 aromatic heterocycles. The van der Waals surface area contributed by atoms with Crippen LogP contribution in [0, 0.1) is 33.8 Å². The van der Waals surface area contributed by atoms with Crippen LogP contribution in [0.4, 0.5) is 0 Å². The maximum absolute atomic E-state index is 8.42. The molecule has 0 amide bonds. The molecule has 0 aliphatic rings. The normalized spacial score (nSPS) is 2.25. The first-order valence-electron chi connectivity index (χ1n) is 0.440. The Morgan fingerprint density at radius 2 is 1.25 bits per heavy atom. The van der Waals surface area contributed by atoms with Crippen LogP contribution < -0.4 is 0 Å². The van der Waals surface area contributed by atoms with Gasteiger partial charge in [0.2, 0.25) is 0 Å². The quantitative estimate of drug-likeness (QED) is 0.604. The summed E-state index contributed by atoms with van der Waals surface area (Å²) in [6.07, 6.45) is 0. The summed E-state index contributed by atoms with van der Waals surface area (Å²) >= 11 is 0.217. The summed E-state index contributed by atoms with van der Waals surface area (Å²) in [7, 11) is 0. The van der Waals surface area contributed by atoms with Gasteiger partial charge in [0.1, 0.15) is 0 Å². The molecule has 0 N–H and O–H groups in total. The molecule has 0 atom stereocenters. The first-order chi connectivity index (χ1) is 2.00. The monoisotopic (exact) mass is 261 g/mol. The van der Waals surface area contributed by atoms with Crippen LogP contribution in [0.25, 0.3) is 0 Å². The molecule has 0 unspecified atom stereocenters. The molecule has 0 fully saturated rings. The molecular formula is LaO2Zr. The topological polar surface area (TPSA) is 34.1 Å².